The van der Waals surface area contributed by atoms with Gasteiger partial charge in [0, 0.05) is 43.9 Å². The van der Waals surface area contributed by atoms with Gasteiger partial charge in [0.2, 0.25) is 0 Å². The van der Waals surface area contributed by atoms with Crippen molar-refractivity contribution in [2.75, 3.05) is 0 Å². The average molecular weight is 867 g/mol. The van der Waals surface area contributed by atoms with Crippen LogP contribution in [0.5, 0.6) is 0 Å². The number of nitrogens with zero attached hydrogens (tertiary/aromatic N) is 4. The van der Waals surface area contributed by atoms with Crippen LogP contribution in [0, 0.1) is 0 Å². The number of aromatic nitrogens is 4. The molecule has 0 saturated carbocycles. The zero-order valence-corrected chi connectivity index (χ0v) is 36.6. The highest BCUT2D eigenvalue weighted by Crippen LogP contribution is 2.43. The molecular formula is C63H38N4O. The van der Waals surface area contributed by atoms with Crippen LogP contribution in [-0.2, 0) is 0 Å². The molecule has 0 spiro atoms. The maximum atomic E-state index is 6.54. The van der Waals surface area contributed by atoms with Crippen molar-refractivity contribution < 1.29 is 4.42 Å². The van der Waals surface area contributed by atoms with E-state index in [1.54, 1.807) is 0 Å². The smallest absolute Gasteiger partial charge is 0.164 e. The second-order valence-corrected chi connectivity index (χ2v) is 17.5. The average Bonchev–Trinajstić information content (AvgIpc) is 3.96. The molecule has 0 aliphatic carbocycles. The number of rotatable bonds is 6. The van der Waals surface area contributed by atoms with Gasteiger partial charge in [-0.1, -0.05) is 170 Å². The first kappa shape index (κ1) is 38.1. The van der Waals surface area contributed by atoms with E-state index < -0.39 is 0 Å². The van der Waals surface area contributed by atoms with Crippen molar-refractivity contribution in [1.29, 1.82) is 0 Å². The molecule has 0 amide bonds. The largest absolute Gasteiger partial charge is 0.456 e. The lowest BCUT2D eigenvalue weighted by molar-refractivity contribution is 0.669. The molecule has 0 aliphatic rings. The van der Waals surface area contributed by atoms with Crippen LogP contribution >= 0.6 is 0 Å². The third-order valence-electron chi connectivity index (χ3n) is 13.6. The number of benzene rings is 11. The zero-order valence-electron chi connectivity index (χ0n) is 36.6. The molecule has 14 aromatic rings. The van der Waals surface area contributed by atoms with E-state index in [4.69, 9.17) is 19.4 Å². The molecule has 5 heteroatoms. The summed E-state index contributed by atoms with van der Waals surface area (Å²) in [6.07, 6.45) is 0. The Morgan fingerprint density at radius 1 is 0.279 bits per heavy atom. The van der Waals surface area contributed by atoms with Crippen molar-refractivity contribution in [3.8, 4) is 62.1 Å². The molecule has 0 fully saturated rings. The summed E-state index contributed by atoms with van der Waals surface area (Å²) in [6.45, 7) is 0. The molecule has 0 unspecified atom stereocenters. The fraction of sp³-hybridized carbons (Fsp3) is 0. The van der Waals surface area contributed by atoms with Gasteiger partial charge in [-0.3, -0.25) is 0 Å². The van der Waals surface area contributed by atoms with E-state index in [0.29, 0.717) is 17.5 Å². The zero-order chi connectivity index (χ0) is 44.7. The van der Waals surface area contributed by atoms with E-state index in [1.165, 1.54) is 65.3 Å². The third-order valence-corrected chi connectivity index (χ3v) is 13.6. The first-order chi connectivity index (χ1) is 33.7. The molecular weight excluding hydrogens is 829 g/mol. The standard InChI is InChI=1S/C63H38N4O/c1-4-15-39(16-5-1)61-64-62(40-17-6-2-7-18-40)66-63(65-61)51-24-14-26-59-60(51)55-38-44(30-34-58(55)68-59)42-28-32-49-48-31-27-41(35-52(48)46-21-10-11-22-47(46)53(49)36-42)43-29-33-57-54(37-43)50-23-12-13-25-56(50)67(57)45-19-8-3-9-20-45/h1-38H. The topological polar surface area (TPSA) is 56.7 Å². The Hall–Kier alpha value is -9.19. The molecule has 68 heavy (non-hydrogen) atoms. The van der Waals surface area contributed by atoms with Gasteiger partial charge < -0.3 is 8.98 Å². The minimum absolute atomic E-state index is 0.597. The fourth-order valence-electron chi connectivity index (χ4n) is 10.4. The third kappa shape index (κ3) is 6.06. The fourth-order valence-corrected chi connectivity index (χ4v) is 10.4. The molecule has 0 aliphatic heterocycles. The van der Waals surface area contributed by atoms with Crippen molar-refractivity contribution in [3.05, 3.63) is 231 Å². The summed E-state index contributed by atoms with van der Waals surface area (Å²) in [4.78, 5) is 15.1. The predicted molar refractivity (Wildman–Crippen MR) is 281 cm³/mol. The second-order valence-electron chi connectivity index (χ2n) is 17.5. The van der Waals surface area contributed by atoms with Crippen molar-refractivity contribution in [3.63, 3.8) is 0 Å². The van der Waals surface area contributed by atoms with Gasteiger partial charge in [-0.05, 0) is 115 Å². The summed E-state index contributed by atoms with van der Waals surface area (Å²) in [6, 6.07) is 81.9. The highest BCUT2D eigenvalue weighted by Gasteiger charge is 2.20. The Kier molecular flexibility index (Phi) is 8.52. The van der Waals surface area contributed by atoms with Crippen LogP contribution in [0.4, 0.5) is 0 Å². The van der Waals surface area contributed by atoms with Crippen LogP contribution < -0.4 is 0 Å². The molecule has 0 saturated heterocycles. The van der Waals surface area contributed by atoms with Gasteiger partial charge in [0.1, 0.15) is 11.2 Å². The van der Waals surface area contributed by atoms with Crippen LogP contribution in [0.3, 0.4) is 0 Å². The van der Waals surface area contributed by atoms with E-state index >= 15 is 0 Å². The summed E-state index contributed by atoms with van der Waals surface area (Å²) in [5, 5.41) is 11.9. The van der Waals surface area contributed by atoms with Crippen LogP contribution in [0.15, 0.2) is 235 Å². The Labute approximate surface area is 390 Å². The Morgan fingerprint density at radius 3 is 1.38 bits per heavy atom. The maximum absolute atomic E-state index is 6.54. The summed E-state index contributed by atoms with van der Waals surface area (Å²) in [5.74, 6) is 1.84. The minimum atomic E-state index is 0.597. The molecule has 316 valence electrons. The van der Waals surface area contributed by atoms with Crippen LogP contribution in [0.2, 0.25) is 0 Å². The molecule has 0 atom stereocenters. The quantitative estimate of drug-likeness (QED) is 0.156. The van der Waals surface area contributed by atoms with Gasteiger partial charge in [-0.15, -0.1) is 0 Å². The van der Waals surface area contributed by atoms with E-state index in [-0.39, 0.29) is 0 Å². The number of hydrogen-bond donors (Lipinski definition) is 0. The lowest BCUT2D eigenvalue weighted by Crippen LogP contribution is -2.00. The molecule has 3 heterocycles. The van der Waals surface area contributed by atoms with Crippen molar-refractivity contribution in [2.45, 2.75) is 0 Å². The number of para-hydroxylation sites is 2. The Bertz CT molecular complexity index is 4230. The van der Waals surface area contributed by atoms with Crippen LogP contribution in [0.25, 0.3) is 138 Å². The van der Waals surface area contributed by atoms with Gasteiger partial charge in [0.15, 0.2) is 17.5 Å². The van der Waals surface area contributed by atoms with Crippen LogP contribution in [0.1, 0.15) is 0 Å². The SMILES string of the molecule is c1ccc(-c2nc(-c3ccccc3)nc(-c3cccc4oc5ccc(-c6ccc7c8ccc(-c9ccc%10c(c9)c9ccccc9n%10-c9ccccc9)cc8c8ccccc8c7c6)cc5c34)n2)cc1. The normalized spacial score (nSPS) is 11.8. The second kappa shape index (κ2) is 15.2. The van der Waals surface area contributed by atoms with Gasteiger partial charge in [-0.2, -0.15) is 0 Å². The van der Waals surface area contributed by atoms with E-state index in [1.807, 2.05) is 72.8 Å². The Morgan fingerprint density at radius 2 is 0.750 bits per heavy atom. The van der Waals surface area contributed by atoms with Gasteiger partial charge in [0.25, 0.3) is 0 Å². The van der Waals surface area contributed by atoms with E-state index in [9.17, 15) is 0 Å². The maximum Gasteiger partial charge on any atom is 0.164 e. The summed E-state index contributed by atoms with van der Waals surface area (Å²) >= 11 is 0. The van der Waals surface area contributed by atoms with Gasteiger partial charge >= 0.3 is 0 Å². The van der Waals surface area contributed by atoms with Crippen molar-refractivity contribution in [2.24, 2.45) is 0 Å². The van der Waals surface area contributed by atoms with Crippen molar-refractivity contribution in [1.82, 2.24) is 19.5 Å². The molecule has 11 aromatic carbocycles. The molecule has 0 radical (unpaired) electrons. The first-order valence-corrected chi connectivity index (χ1v) is 23.0. The molecule has 14 rings (SSSR count). The molecule has 3 aromatic heterocycles. The number of furan rings is 1. The summed E-state index contributed by atoms with van der Waals surface area (Å²) < 4.78 is 8.91. The lowest BCUT2D eigenvalue weighted by Gasteiger charge is -2.14. The van der Waals surface area contributed by atoms with E-state index in [0.717, 1.165) is 55.4 Å². The number of hydrogen-bond acceptors (Lipinski definition) is 4. The predicted octanol–water partition coefficient (Wildman–Crippen LogP) is 16.7. The Balaban J connectivity index is 0.895. The van der Waals surface area contributed by atoms with Crippen molar-refractivity contribution >= 4 is 76.1 Å². The number of fused-ring (bicyclic) bond motifs is 12. The van der Waals surface area contributed by atoms with Gasteiger partial charge in [0.05, 0.1) is 11.0 Å². The highest BCUT2D eigenvalue weighted by molar-refractivity contribution is 6.26. The highest BCUT2D eigenvalue weighted by atomic mass is 16.3. The minimum Gasteiger partial charge on any atom is -0.456 e. The van der Waals surface area contributed by atoms with Crippen LogP contribution in [-0.4, -0.2) is 19.5 Å². The van der Waals surface area contributed by atoms with Gasteiger partial charge in [-0.25, -0.2) is 15.0 Å². The summed E-state index contributed by atoms with van der Waals surface area (Å²) in [5.41, 5.74) is 12.5. The summed E-state index contributed by atoms with van der Waals surface area (Å²) in [7, 11) is 0. The molecule has 0 N–H and O–H groups in total. The van der Waals surface area contributed by atoms with E-state index in [2.05, 4.69) is 162 Å². The lowest BCUT2D eigenvalue weighted by atomic mass is 9.90. The first-order valence-electron chi connectivity index (χ1n) is 23.0. The molecule has 5 nitrogen and oxygen atoms in total. The monoisotopic (exact) mass is 866 g/mol. The molecule has 0 bridgehead atoms.